The van der Waals surface area contributed by atoms with E-state index in [1.165, 1.54) is 62.7 Å². The summed E-state index contributed by atoms with van der Waals surface area (Å²) in [4.78, 5) is 16.9. The van der Waals surface area contributed by atoms with Gasteiger partial charge in [0.15, 0.2) is 5.13 Å². The molecule has 0 spiro atoms. The van der Waals surface area contributed by atoms with E-state index in [1.807, 2.05) is 0 Å². The van der Waals surface area contributed by atoms with Crippen molar-refractivity contribution in [2.45, 2.75) is 82.7 Å². The summed E-state index contributed by atoms with van der Waals surface area (Å²) in [5.41, 5.74) is 0. The summed E-state index contributed by atoms with van der Waals surface area (Å²) < 4.78 is 0. The van der Waals surface area contributed by atoms with Crippen LogP contribution in [0.15, 0.2) is 0 Å². The average Bonchev–Trinajstić information content (AvgIpc) is 3.12. The Morgan fingerprint density at radius 1 is 1.04 bits per heavy atom. The van der Waals surface area contributed by atoms with Gasteiger partial charge in [0.25, 0.3) is 0 Å². The molecule has 0 aromatic carbocycles. The molecule has 0 bridgehead atoms. The minimum absolute atomic E-state index is 0.0964. The minimum Gasteiger partial charge on any atom is -0.492 e. The van der Waals surface area contributed by atoms with Crippen molar-refractivity contribution in [3.63, 3.8) is 0 Å². The van der Waals surface area contributed by atoms with E-state index in [9.17, 15) is 9.90 Å². The van der Waals surface area contributed by atoms with Gasteiger partial charge in [-0.3, -0.25) is 0 Å². The minimum atomic E-state index is -0.104. The van der Waals surface area contributed by atoms with Crippen LogP contribution in [0.1, 0.15) is 69.1 Å². The van der Waals surface area contributed by atoms with Crippen molar-refractivity contribution in [2.24, 2.45) is 0 Å². The molecule has 1 heterocycles. The molecule has 6 nitrogen and oxygen atoms in total. The standard InChI is InChI=1S/C18H30N4O2S/c23-16-15(11-12-19-17(24)20-13-9-5-6-10-13)25-18(22-16)21-14-7-3-1-2-4-8-14/h13-14,23H,1-12H2,(H,21,22)(H2,19,20,24). The summed E-state index contributed by atoms with van der Waals surface area (Å²) in [6.07, 6.45) is 12.7. The van der Waals surface area contributed by atoms with Crippen molar-refractivity contribution in [1.29, 1.82) is 0 Å². The Bertz CT molecular complexity index is 549. The lowest BCUT2D eigenvalue weighted by Gasteiger charge is -2.14. The number of anilines is 1. The first-order valence-electron chi connectivity index (χ1n) is 9.70. The third kappa shape index (κ3) is 5.76. The molecule has 25 heavy (non-hydrogen) atoms. The van der Waals surface area contributed by atoms with Gasteiger partial charge in [0.2, 0.25) is 5.88 Å². The van der Waals surface area contributed by atoms with Gasteiger partial charge in [-0.05, 0) is 25.7 Å². The topological polar surface area (TPSA) is 86.3 Å². The van der Waals surface area contributed by atoms with E-state index in [1.54, 1.807) is 0 Å². The monoisotopic (exact) mass is 366 g/mol. The lowest BCUT2D eigenvalue weighted by Crippen LogP contribution is -2.41. The maximum Gasteiger partial charge on any atom is 0.315 e. The van der Waals surface area contributed by atoms with E-state index in [4.69, 9.17) is 0 Å². The molecule has 2 aliphatic carbocycles. The van der Waals surface area contributed by atoms with Crippen LogP contribution in [-0.4, -0.2) is 34.8 Å². The molecule has 7 heteroatoms. The Hall–Kier alpha value is -1.50. The number of nitrogens with zero attached hydrogens (tertiary/aromatic N) is 1. The zero-order valence-corrected chi connectivity index (χ0v) is 15.7. The fourth-order valence-corrected chi connectivity index (χ4v) is 4.69. The molecule has 0 saturated heterocycles. The van der Waals surface area contributed by atoms with Gasteiger partial charge < -0.3 is 21.1 Å². The van der Waals surface area contributed by atoms with Crippen LogP contribution >= 0.6 is 11.3 Å². The second kappa shape index (κ2) is 9.27. The smallest absolute Gasteiger partial charge is 0.315 e. The highest BCUT2D eigenvalue weighted by atomic mass is 32.1. The lowest BCUT2D eigenvalue weighted by molar-refractivity contribution is 0.237. The highest BCUT2D eigenvalue weighted by Gasteiger charge is 2.18. The van der Waals surface area contributed by atoms with Crippen LogP contribution < -0.4 is 16.0 Å². The number of carbonyl (C=O) groups excluding carboxylic acids is 1. The van der Waals surface area contributed by atoms with Gasteiger partial charge in [-0.15, -0.1) is 0 Å². The summed E-state index contributed by atoms with van der Waals surface area (Å²) in [5.74, 6) is 0.0964. The van der Waals surface area contributed by atoms with Crippen LogP contribution in [0.4, 0.5) is 9.93 Å². The highest BCUT2D eigenvalue weighted by molar-refractivity contribution is 7.15. The fraction of sp³-hybridized carbons (Fsp3) is 0.778. The Balaban J connectivity index is 1.41. The van der Waals surface area contributed by atoms with Gasteiger partial charge in [-0.2, -0.15) is 4.98 Å². The number of rotatable bonds is 6. The molecule has 0 atom stereocenters. The van der Waals surface area contributed by atoms with E-state index in [0.29, 0.717) is 25.0 Å². The highest BCUT2D eigenvalue weighted by Crippen LogP contribution is 2.30. The fourth-order valence-electron chi connectivity index (χ4n) is 3.76. The molecule has 4 N–H and O–H groups in total. The summed E-state index contributed by atoms with van der Waals surface area (Å²) in [5, 5.41) is 20.2. The molecule has 2 saturated carbocycles. The van der Waals surface area contributed by atoms with Crippen LogP contribution in [0.25, 0.3) is 0 Å². The van der Waals surface area contributed by atoms with Crippen molar-refractivity contribution in [1.82, 2.24) is 15.6 Å². The van der Waals surface area contributed by atoms with Gasteiger partial charge in [0.05, 0.1) is 4.88 Å². The number of aromatic hydroxyl groups is 1. The average molecular weight is 367 g/mol. The van der Waals surface area contributed by atoms with E-state index in [-0.39, 0.29) is 11.9 Å². The van der Waals surface area contributed by atoms with Crippen molar-refractivity contribution < 1.29 is 9.90 Å². The first kappa shape index (κ1) is 18.3. The molecular formula is C18H30N4O2S. The molecule has 2 aliphatic rings. The molecule has 0 radical (unpaired) electrons. The van der Waals surface area contributed by atoms with Crippen molar-refractivity contribution in [2.75, 3.05) is 11.9 Å². The molecular weight excluding hydrogens is 336 g/mol. The maximum atomic E-state index is 11.9. The number of nitrogens with one attached hydrogen (secondary N) is 3. The molecule has 2 amide bonds. The van der Waals surface area contributed by atoms with E-state index >= 15 is 0 Å². The molecule has 140 valence electrons. The van der Waals surface area contributed by atoms with Crippen molar-refractivity contribution >= 4 is 22.5 Å². The normalized spacial score (nSPS) is 19.5. The van der Waals surface area contributed by atoms with Crippen LogP contribution in [0.2, 0.25) is 0 Å². The van der Waals surface area contributed by atoms with E-state index < -0.39 is 0 Å². The Morgan fingerprint density at radius 3 is 2.40 bits per heavy atom. The van der Waals surface area contributed by atoms with Gasteiger partial charge in [-0.1, -0.05) is 49.9 Å². The SMILES string of the molecule is O=C(NCCc1sc(NC2CCCCCC2)nc1O)NC1CCCC1. The van der Waals surface area contributed by atoms with Crippen molar-refractivity contribution in [3.8, 4) is 5.88 Å². The summed E-state index contributed by atoms with van der Waals surface area (Å²) >= 11 is 1.50. The van der Waals surface area contributed by atoms with Gasteiger partial charge in [0.1, 0.15) is 0 Å². The zero-order chi connectivity index (χ0) is 17.5. The summed E-state index contributed by atoms with van der Waals surface area (Å²) in [6.45, 7) is 0.511. The number of thiazole rings is 1. The zero-order valence-electron chi connectivity index (χ0n) is 14.9. The third-order valence-corrected chi connectivity index (χ3v) is 6.22. The van der Waals surface area contributed by atoms with Gasteiger partial charge in [-0.25, -0.2) is 4.79 Å². The predicted octanol–water partition coefficient (Wildman–Crippen LogP) is 3.77. The lowest BCUT2D eigenvalue weighted by atomic mass is 10.1. The number of aromatic nitrogens is 1. The van der Waals surface area contributed by atoms with Crippen LogP contribution in [0.5, 0.6) is 5.88 Å². The molecule has 2 fully saturated rings. The number of amides is 2. The Morgan fingerprint density at radius 2 is 1.68 bits per heavy atom. The Kier molecular flexibility index (Phi) is 6.78. The molecule has 0 aliphatic heterocycles. The van der Waals surface area contributed by atoms with Gasteiger partial charge >= 0.3 is 6.03 Å². The first-order valence-corrected chi connectivity index (χ1v) is 10.5. The second-order valence-corrected chi connectivity index (χ2v) is 8.31. The van der Waals surface area contributed by atoms with Gasteiger partial charge in [0, 0.05) is 25.0 Å². The first-order chi connectivity index (χ1) is 12.2. The number of carbonyl (C=O) groups is 1. The van der Waals surface area contributed by atoms with E-state index in [2.05, 4.69) is 20.9 Å². The molecule has 1 aromatic rings. The predicted molar refractivity (Wildman–Crippen MR) is 101 cm³/mol. The van der Waals surface area contributed by atoms with Crippen LogP contribution in [-0.2, 0) is 6.42 Å². The summed E-state index contributed by atoms with van der Waals surface area (Å²) in [6, 6.07) is 0.691. The number of hydrogen-bond donors (Lipinski definition) is 4. The number of hydrogen-bond acceptors (Lipinski definition) is 5. The van der Waals surface area contributed by atoms with Crippen LogP contribution in [0, 0.1) is 0 Å². The largest absolute Gasteiger partial charge is 0.492 e. The third-order valence-electron chi connectivity index (χ3n) is 5.19. The van der Waals surface area contributed by atoms with Crippen LogP contribution in [0.3, 0.4) is 0 Å². The Labute approximate surface area is 153 Å². The summed E-state index contributed by atoms with van der Waals surface area (Å²) in [7, 11) is 0. The molecule has 3 rings (SSSR count). The maximum absolute atomic E-state index is 11.9. The molecule has 0 unspecified atom stereocenters. The van der Waals surface area contributed by atoms with E-state index in [0.717, 1.165) is 22.9 Å². The molecule has 1 aromatic heterocycles. The quantitative estimate of drug-likeness (QED) is 0.577. The second-order valence-electron chi connectivity index (χ2n) is 7.23. The number of urea groups is 1. The van der Waals surface area contributed by atoms with Crippen molar-refractivity contribution in [3.05, 3.63) is 4.88 Å².